The predicted molar refractivity (Wildman–Crippen MR) is 139 cm³/mol. The Bertz CT molecular complexity index is 1240. The van der Waals surface area contributed by atoms with Crippen LogP contribution in [-0.4, -0.2) is 37.8 Å². The highest BCUT2D eigenvalue weighted by Crippen LogP contribution is 2.41. The molecule has 0 saturated carbocycles. The van der Waals surface area contributed by atoms with Crippen LogP contribution in [0.25, 0.3) is 0 Å². The van der Waals surface area contributed by atoms with Crippen LogP contribution in [0.4, 0.5) is 4.79 Å². The maximum Gasteiger partial charge on any atom is 0.411 e. The molecular weight excluding hydrogens is 460 g/mol. The van der Waals surface area contributed by atoms with Crippen LogP contribution in [0.3, 0.4) is 0 Å². The Hall–Kier alpha value is -3.08. The van der Waals surface area contributed by atoms with Gasteiger partial charge in [0.2, 0.25) is 10.0 Å². The standard InChI is InChI=1S/C28H34N2O4S/c1-21(2)20-28(25-10-8-7-9-11-25)18-19-30(26(31)34-28)22(3)24-14-12-23(13-15-24)16-17-27(4,5)29-35(6,32)33/h7-15,22,29H,1,18-20H2,2-6H3/t22-,28?/m0/s1. The number of cyclic esters (lactones) is 1. The van der Waals surface area contributed by atoms with E-state index >= 15 is 0 Å². The topological polar surface area (TPSA) is 75.7 Å². The number of hydrogen-bond acceptors (Lipinski definition) is 4. The highest BCUT2D eigenvalue weighted by atomic mass is 32.2. The highest BCUT2D eigenvalue weighted by molar-refractivity contribution is 7.88. The Labute approximate surface area is 209 Å². The number of ether oxygens (including phenoxy) is 1. The maximum atomic E-state index is 13.2. The molecule has 1 heterocycles. The minimum absolute atomic E-state index is 0.175. The van der Waals surface area contributed by atoms with Gasteiger partial charge in [-0.15, -0.1) is 0 Å². The zero-order valence-electron chi connectivity index (χ0n) is 21.1. The Morgan fingerprint density at radius 2 is 1.83 bits per heavy atom. The van der Waals surface area contributed by atoms with Crippen molar-refractivity contribution in [3.63, 3.8) is 0 Å². The maximum absolute atomic E-state index is 13.2. The van der Waals surface area contributed by atoms with Crippen LogP contribution in [0, 0.1) is 11.8 Å². The van der Waals surface area contributed by atoms with Gasteiger partial charge in [0.1, 0.15) is 5.60 Å². The smallest absolute Gasteiger partial charge is 0.411 e. The lowest BCUT2D eigenvalue weighted by atomic mass is 9.83. The van der Waals surface area contributed by atoms with Crippen molar-refractivity contribution in [1.82, 2.24) is 9.62 Å². The zero-order valence-corrected chi connectivity index (χ0v) is 21.9. The van der Waals surface area contributed by atoms with Gasteiger partial charge in [-0.1, -0.05) is 66.5 Å². The fourth-order valence-electron chi connectivity index (χ4n) is 4.42. The summed E-state index contributed by atoms with van der Waals surface area (Å²) >= 11 is 0. The normalized spacial score (nSPS) is 19.3. The summed E-state index contributed by atoms with van der Waals surface area (Å²) in [4.78, 5) is 14.9. The molecule has 6 nitrogen and oxygen atoms in total. The second-order valence-electron chi connectivity index (χ2n) is 9.85. The Balaban J connectivity index is 1.74. The van der Waals surface area contributed by atoms with Crippen LogP contribution in [0.1, 0.15) is 63.3 Å². The molecule has 3 rings (SSSR count). The number of sulfonamides is 1. The largest absolute Gasteiger partial charge is 0.437 e. The Morgan fingerprint density at radius 3 is 2.37 bits per heavy atom. The van der Waals surface area contributed by atoms with Gasteiger partial charge in [0.05, 0.1) is 17.8 Å². The third-order valence-corrected chi connectivity index (χ3v) is 6.86. The van der Waals surface area contributed by atoms with Gasteiger partial charge >= 0.3 is 6.09 Å². The summed E-state index contributed by atoms with van der Waals surface area (Å²) in [7, 11) is -3.36. The number of carbonyl (C=O) groups excluding carboxylic acids is 1. The van der Waals surface area contributed by atoms with E-state index < -0.39 is 21.2 Å². The molecule has 1 aliphatic rings. The molecule has 0 aliphatic carbocycles. The monoisotopic (exact) mass is 494 g/mol. The number of nitrogens with zero attached hydrogens (tertiary/aromatic N) is 1. The number of hydrogen-bond donors (Lipinski definition) is 1. The summed E-state index contributed by atoms with van der Waals surface area (Å²) in [5, 5.41) is 0. The molecule has 35 heavy (non-hydrogen) atoms. The highest BCUT2D eigenvalue weighted by Gasteiger charge is 2.43. The molecule has 0 spiro atoms. The fourth-order valence-corrected chi connectivity index (χ4v) is 5.40. The van der Waals surface area contributed by atoms with Crippen LogP contribution in [-0.2, 0) is 20.4 Å². The van der Waals surface area contributed by atoms with Crippen molar-refractivity contribution in [1.29, 1.82) is 0 Å². The van der Waals surface area contributed by atoms with Crippen molar-refractivity contribution in [2.45, 2.75) is 57.7 Å². The lowest BCUT2D eigenvalue weighted by molar-refractivity contribution is -0.0602. The molecule has 2 aromatic rings. The van der Waals surface area contributed by atoms with Crippen molar-refractivity contribution < 1.29 is 17.9 Å². The van der Waals surface area contributed by atoms with E-state index in [4.69, 9.17) is 4.74 Å². The molecule has 0 aromatic heterocycles. The lowest BCUT2D eigenvalue weighted by Gasteiger charge is -2.43. The van der Waals surface area contributed by atoms with Crippen molar-refractivity contribution in [2.75, 3.05) is 12.8 Å². The van der Waals surface area contributed by atoms with Gasteiger partial charge in [-0.05, 0) is 51.0 Å². The molecule has 1 amide bonds. The third kappa shape index (κ3) is 6.97. The summed E-state index contributed by atoms with van der Waals surface area (Å²) in [6.45, 7) is 12.0. The molecule has 2 aromatic carbocycles. The van der Waals surface area contributed by atoms with Crippen LogP contribution < -0.4 is 4.72 Å². The van der Waals surface area contributed by atoms with Gasteiger partial charge in [-0.3, -0.25) is 0 Å². The van der Waals surface area contributed by atoms with E-state index in [0.717, 1.165) is 28.5 Å². The molecule has 1 fully saturated rings. The number of benzene rings is 2. The molecule has 1 aliphatic heterocycles. The van der Waals surface area contributed by atoms with E-state index in [9.17, 15) is 13.2 Å². The number of amides is 1. The quantitative estimate of drug-likeness (QED) is 0.428. The van der Waals surface area contributed by atoms with Gasteiger partial charge in [-0.2, -0.15) is 4.72 Å². The summed E-state index contributed by atoms with van der Waals surface area (Å²) in [6, 6.07) is 17.3. The van der Waals surface area contributed by atoms with Crippen molar-refractivity contribution in [2.24, 2.45) is 0 Å². The molecule has 0 radical (unpaired) electrons. The fraction of sp³-hybridized carbons (Fsp3) is 0.393. The van der Waals surface area contributed by atoms with Crippen LogP contribution in [0.5, 0.6) is 0 Å². The lowest BCUT2D eigenvalue weighted by Crippen LogP contribution is -2.48. The third-order valence-electron chi connectivity index (χ3n) is 5.98. The minimum Gasteiger partial charge on any atom is -0.437 e. The van der Waals surface area contributed by atoms with E-state index in [0.29, 0.717) is 19.4 Å². The van der Waals surface area contributed by atoms with Crippen LogP contribution in [0.15, 0.2) is 66.7 Å². The second-order valence-corrected chi connectivity index (χ2v) is 11.6. The van der Waals surface area contributed by atoms with E-state index in [2.05, 4.69) is 23.1 Å². The summed E-state index contributed by atoms with van der Waals surface area (Å²) < 4.78 is 31.6. The first-order valence-electron chi connectivity index (χ1n) is 11.6. The molecule has 1 saturated heterocycles. The summed E-state index contributed by atoms with van der Waals surface area (Å²) in [6.07, 6.45) is 2.03. The van der Waals surface area contributed by atoms with Crippen molar-refractivity contribution in [3.8, 4) is 11.8 Å². The average Bonchev–Trinajstić information content (AvgIpc) is 2.76. The van der Waals surface area contributed by atoms with E-state index in [1.54, 1.807) is 18.7 Å². The molecule has 2 atom stereocenters. The van der Waals surface area contributed by atoms with E-state index in [-0.39, 0.29) is 12.1 Å². The number of carbonyl (C=O) groups is 1. The van der Waals surface area contributed by atoms with Gasteiger partial charge in [0.15, 0.2) is 0 Å². The van der Waals surface area contributed by atoms with Crippen molar-refractivity contribution in [3.05, 3.63) is 83.4 Å². The molecule has 7 heteroatoms. The van der Waals surface area contributed by atoms with Gasteiger partial charge in [0.25, 0.3) is 0 Å². The van der Waals surface area contributed by atoms with Gasteiger partial charge in [-0.25, -0.2) is 13.2 Å². The molecule has 0 bridgehead atoms. The van der Waals surface area contributed by atoms with Gasteiger partial charge in [0, 0.05) is 24.9 Å². The first kappa shape index (κ1) is 26.5. The minimum atomic E-state index is -3.36. The molecular formula is C28H34N2O4S. The number of nitrogens with one attached hydrogen (secondary N) is 1. The molecule has 1 unspecified atom stereocenters. The average molecular weight is 495 g/mol. The number of rotatable bonds is 7. The Morgan fingerprint density at radius 1 is 1.20 bits per heavy atom. The predicted octanol–water partition coefficient (Wildman–Crippen LogP) is 5.13. The summed E-state index contributed by atoms with van der Waals surface area (Å²) in [5.74, 6) is 5.98. The first-order valence-corrected chi connectivity index (χ1v) is 13.5. The second kappa shape index (κ2) is 10.3. The van der Waals surface area contributed by atoms with Crippen LogP contribution in [0.2, 0.25) is 0 Å². The summed E-state index contributed by atoms with van der Waals surface area (Å²) in [5.41, 5.74) is 2.09. The van der Waals surface area contributed by atoms with E-state index in [1.165, 1.54) is 0 Å². The zero-order chi connectivity index (χ0) is 25.9. The van der Waals surface area contributed by atoms with E-state index in [1.807, 2.05) is 68.4 Å². The molecule has 1 N–H and O–H groups in total. The first-order chi connectivity index (χ1) is 16.3. The van der Waals surface area contributed by atoms with Crippen molar-refractivity contribution >= 4 is 16.1 Å². The van der Waals surface area contributed by atoms with Gasteiger partial charge < -0.3 is 9.64 Å². The SMILES string of the molecule is C=C(C)CC1(c2ccccc2)CCN([C@@H](C)c2ccc(C#CC(C)(C)NS(C)(=O)=O)cc2)C(=O)O1. The van der Waals surface area contributed by atoms with Crippen LogP contribution >= 0.6 is 0 Å². The Kier molecular flexibility index (Phi) is 7.78. The molecule has 186 valence electrons.